The zero-order valence-electron chi connectivity index (χ0n) is 17.1. The van der Waals surface area contributed by atoms with Crippen molar-refractivity contribution < 1.29 is 18.0 Å². The zero-order chi connectivity index (χ0) is 23.5. The van der Waals surface area contributed by atoms with Crippen LogP contribution in [0.3, 0.4) is 0 Å². The number of alkyl halides is 3. The van der Waals surface area contributed by atoms with Crippen molar-refractivity contribution in [2.24, 2.45) is 10.9 Å². The van der Waals surface area contributed by atoms with Crippen LogP contribution in [0.1, 0.15) is 27.2 Å². The highest BCUT2D eigenvalue weighted by Crippen LogP contribution is 2.28. The molecule has 0 spiro atoms. The Balaban J connectivity index is 1.92. The van der Waals surface area contributed by atoms with Gasteiger partial charge in [-0.15, -0.1) is 0 Å². The van der Waals surface area contributed by atoms with Crippen LogP contribution in [-0.4, -0.2) is 27.3 Å². The number of hydrogen-bond acceptors (Lipinski definition) is 7. The molecule has 0 saturated carbocycles. The Morgan fingerprint density at radius 3 is 2.59 bits per heavy atom. The van der Waals surface area contributed by atoms with Crippen LogP contribution in [0.4, 0.5) is 19.0 Å². The first-order valence-corrected chi connectivity index (χ1v) is 10.3. The molecular formula is C21H21F3N6OS. The standard InChI is InChI=1S/C21H21F3N6OS/c1-12-6-14-7-13(2-5-18(14)29-19(12)26)20(31)30(9-16(25)11-32-27)10-17-4-3-15(8-28-17)21(22,23)24/h2-8,11H,9-10,25,27H2,1H3,(H2,26,29)/b16-11-. The number of nitrogens with zero attached hydrogens (tertiary/aromatic N) is 3. The predicted octanol–water partition coefficient (Wildman–Crippen LogP) is 3.59. The van der Waals surface area contributed by atoms with Gasteiger partial charge >= 0.3 is 6.18 Å². The number of benzene rings is 1. The first-order valence-electron chi connectivity index (χ1n) is 9.37. The number of pyridine rings is 2. The number of fused-ring (bicyclic) bond motifs is 1. The molecule has 0 radical (unpaired) electrons. The van der Waals surface area contributed by atoms with Crippen LogP contribution >= 0.6 is 11.9 Å². The third-order valence-electron chi connectivity index (χ3n) is 4.68. The van der Waals surface area contributed by atoms with Gasteiger partial charge in [-0.1, -0.05) is 11.9 Å². The number of nitrogen functional groups attached to an aromatic ring is 1. The Kier molecular flexibility index (Phi) is 6.90. The highest BCUT2D eigenvalue weighted by Gasteiger charge is 2.30. The molecule has 3 rings (SSSR count). The van der Waals surface area contributed by atoms with E-state index in [-0.39, 0.29) is 24.7 Å². The molecule has 1 aromatic carbocycles. The minimum atomic E-state index is -4.49. The lowest BCUT2D eigenvalue weighted by Crippen LogP contribution is -2.34. The lowest BCUT2D eigenvalue weighted by molar-refractivity contribution is -0.137. The molecule has 2 aromatic heterocycles. The van der Waals surface area contributed by atoms with E-state index in [0.29, 0.717) is 22.6 Å². The van der Waals surface area contributed by atoms with Gasteiger partial charge in [-0.3, -0.25) is 14.9 Å². The van der Waals surface area contributed by atoms with Crippen molar-refractivity contribution in [3.05, 3.63) is 76.1 Å². The number of carbonyl (C=O) groups is 1. The van der Waals surface area contributed by atoms with Gasteiger partial charge in [0, 0.05) is 28.3 Å². The Hall–Kier alpha value is -3.31. The van der Waals surface area contributed by atoms with Gasteiger partial charge in [-0.25, -0.2) is 4.98 Å². The number of aromatic nitrogens is 2. The Morgan fingerprint density at radius 2 is 1.97 bits per heavy atom. The molecule has 7 nitrogen and oxygen atoms in total. The summed E-state index contributed by atoms with van der Waals surface area (Å²) in [4.78, 5) is 22.8. The van der Waals surface area contributed by atoms with Crippen molar-refractivity contribution in [1.82, 2.24) is 14.9 Å². The van der Waals surface area contributed by atoms with E-state index in [1.54, 1.807) is 18.2 Å². The van der Waals surface area contributed by atoms with Crippen LogP contribution in [0, 0.1) is 6.92 Å². The molecule has 1 amide bonds. The van der Waals surface area contributed by atoms with Crippen molar-refractivity contribution in [2.75, 3.05) is 12.3 Å². The molecule has 11 heteroatoms. The summed E-state index contributed by atoms with van der Waals surface area (Å²) >= 11 is 0.889. The van der Waals surface area contributed by atoms with Crippen molar-refractivity contribution in [2.45, 2.75) is 19.6 Å². The van der Waals surface area contributed by atoms with Crippen LogP contribution < -0.4 is 16.6 Å². The quantitative estimate of drug-likeness (QED) is 0.478. The number of nitrogens with two attached hydrogens (primary N) is 3. The third kappa shape index (κ3) is 5.48. The molecule has 0 aliphatic heterocycles. The van der Waals surface area contributed by atoms with E-state index in [0.717, 1.165) is 35.2 Å². The van der Waals surface area contributed by atoms with Gasteiger partial charge in [0.1, 0.15) is 5.82 Å². The van der Waals surface area contributed by atoms with Gasteiger partial charge in [-0.2, -0.15) is 13.2 Å². The summed E-state index contributed by atoms with van der Waals surface area (Å²) in [5, 5.41) is 7.63. The van der Waals surface area contributed by atoms with Crippen LogP contribution in [-0.2, 0) is 12.7 Å². The van der Waals surface area contributed by atoms with Gasteiger partial charge in [0.05, 0.1) is 29.9 Å². The minimum absolute atomic E-state index is 0.0167. The first-order chi connectivity index (χ1) is 15.1. The Labute approximate surface area is 186 Å². The highest BCUT2D eigenvalue weighted by atomic mass is 32.2. The van der Waals surface area contributed by atoms with Crippen molar-refractivity contribution in [3.63, 3.8) is 0 Å². The van der Waals surface area contributed by atoms with E-state index < -0.39 is 11.7 Å². The molecule has 0 atom stereocenters. The smallest absolute Gasteiger partial charge is 0.400 e. The second kappa shape index (κ2) is 9.45. The number of anilines is 1. The second-order valence-corrected chi connectivity index (χ2v) is 7.63. The van der Waals surface area contributed by atoms with E-state index in [4.69, 9.17) is 16.6 Å². The Bertz CT molecular complexity index is 1160. The Morgan fingerprint density at radius 1 is 1.22 bits per heavy atom. The van der Waals surface area contributed by atoms with E-state index in [1.165, 1.54) is 16.4 Å². The molecule has 0 aliphatic rings. The maximum atomic E-state index is 13.3. The van der Waals surface area contributed by atoms with Crippen LogP contribution in [0.5, 0.6) is 0 Å². The summed E-state index contributed by atoms with van der Waals surface area (Å²) in [5.41, 5.74) is 13.3. The molecule has 0 unspecified atom stereocenters. The topological polar surface area (TPSA) is 124 Å². The van der Waals surface area contributed by atoms with Crippen molar-refractivity contribution >= 4 is 34.6 Å². The van der Waals surface area contributed by atoms with Gasteiger partial charge in [0.2, 0.25) is 0 Å². The first kappa shape index (κ1) is 23.4. The molecule has 0 bridgehead atoms. The fraction of sp³-hybridized carbons (Fsp3) is 0.190. The number of aryl methyl sites for hydroxylation is 1. The van der Waals surface area contributed by atoms with E-state index in [1.807, 2.05) is 13.0 Å². The van der Waals surface area contributed by atoms with Gasteiger partial charge in [0.15, 0.2) is 0 Å². The van der Waals surface area contributed by atoms with E-state index >= 15 is 0 Å². The molecule has 0 aliphatic carbocycles. The molecule has 168 valence electrons. The lowest BCUT2D eigenvalue weighted by atomic mass is 10.1. The summed E-state index contributed by atoms with van der Waals surface area (Å²) < 4.78 is 38.4. The fourth-order valence-corrected chi connectivity index (χ4v) is 3.29. The molecular weight excluding hydrogens is 441 g/mol. The van der Waals surface area contributed by atoms with Gasteiger partial charge in [0.25, 0.3) is 5.91 Å². The third-order valence-corrected chi connectivity index (χ3v) is 5.12. The molecule has 3 aromatic rings. The van der Waals surface area contributed by atoms with Gasteiger partial charge in [-0.05, 0) is 48.9 Å². The molecule has 6 N–H and O–H groups in total. The minimum Gasteiger partial charge on any atom is -0.400 e. The van der Waals surface area contributed by atoms with Crippen molar-refractivity contribution in [3.8, 4) is 0 Å². The summed E-state index contributed by atoms with van der Waals surface area (Å²) in [6, 6.07) is 8.96. The van der Waals surface area contributed by atoms with Crippen LogP contribution in [0.2, 0.25) is 0 Å². The summed E-state index contributed by atoms with van der Waals surface area (Å²) in [6.45, 7) is 1.79. The summed E-state index contributed by atoms with van der Waals surface area (Å²) in [5.74, 6) is 0.0326. The van der Waals surface area contributed by atoms with E-state index in [2.05, 4.69) is 9.97 Å². The normalized spacial score (nSPS) is 12.2. The number of rotatable bonds is 6. The van der Waals surface area contributed by atoms with Crippen molar-refractivity contribution in [1.29, 1.82) is 0 Å². The fourth-order valence-electron chi connectivity index (χ4n) is 3.04. The SMILES string of the molecule is Cc1cc2cc(C(=O)N(C/C(N)=C/SN)Cc3ccc(C(F)(F)F)cn3)ccc2nc1N. The monoisotopic (exact) mass is 462 g/mol. The highest BCUT2D eigenvalue weighted by molar-refractivity contribution is 8.00. The lowest BCUT2D eigenvalue weighted by Gasteiger charge is -2.23. The zero-order valence-corrected chi connectivity index (χ0v) is 17.9. The maximum absolute atomic E-state index is 13.3. The maximum Gasteiger partial charge on any atom is 0.417 e. The largest absolute Gasteiger partial charge is 0.417 e. The number of hydrogen-bond donors (Lipinski definition) is 3. The molecule has 2 heterocycles. The summed E-state index contributed by atoms with van der Waals surface area (Å²) in [7, 11) is 0. The van der Waals surface area contributed by atoms with Gasteiger partial charge < -0.3 is 16.4 Å². The summed E-state index contributed by atoms with van der Waals surface area (Å²) in [6.07, 6.45) is -3.75. The van der Waals surface area contributed by atoms with E-state index in [9.17, 15) is 18.0 Å². The molecule has 0 saturated heterocycles. The number of amides is 1. The molecule has 0 fully saturated rings. The average molecular weight is 463 g/mol. The number of carbonyl (C=O) groups excluding carboxylic acids is 1. The number of halogens is 3. The van der Waals surface area contributed by atoms with Crippen LogP contribution in [0.25, 0.3) is 10.9 Å². The predicted molar refractivity (Wildman–Crippen MR) is 119 cm³/mol. The average Bonchev–Trinajstić information content (AvgIpc) is 2.73. The second-order valence-electron chi connectivity index (χ2n) is 7.12. The molecule has 32 heavy (non-hydrogen) atoms. The van der Waals surface area contributed by atoms with Crippen LogP contribution in [0.15, 0.2) is 53.7 Å².